The number of rotatable bonds is 10. The van der Waals surface area contributed by atoms with Gasteiger partial charge in [0, 0.05) is 71.5 Å². The van der Waals surface area contributed by atoms with E-state index in [0.29, 0.717) is 17.5 Å². The lowest BCUT2D eigenvalue weighted by molar-refractivity contribution is 1.07. The van der Waals surface area contributed by atoms with Gasteiger partial charge in [-0.2, -0.15) is 0 Å². The number of para-hydroxylation sites is 4. The first-order valence-corrected chi connectivity index (χ1v) is 30.4. The Balaban J connectivity index is 0.977. The molecule has 0 N–H and O–H groups in total. The predicted octanol–water partition coefficient (Wildman–Crippen LogP) is 21.4. The molecule has 13 aromatic carbocycles. The van der Waals surface area contributed by atoms with Crippen LogP contribution in [0.5, 0.6) is 0 Å². The SMILES string of the molecule is Cc1cccc(-c2ccc3c(c2)c2cc(-c4cccc(C)c4)ccc2n3-c2c(-c3ccc(-n4c5ccccc5c5ccccc54)cc3)cc(-c3nc(-c4ccccc4)nc(-c4ccccc4)n3)cc2-c2ccc(-n3c4ccccc4c4ccccc43)cc2)c1. The fraction of sp³-hybridized carbons (Fsp3) is 0.0241. The van der Waals surface area contributed by atoms with E-state index in [4.69, 9.17) is 15.0 Å². The van der Waals surface area contributed by atoms with E-state index in [0.717, 1.165) is 111 Å². The molecule has 0 fully saturated rings. The monoisotopic (exact) mass is 1140 g/mol. The van der Waals surface area contributed by atoms with Crippen molar-refractivity contribution in [1.82, 2.24) is 28.7 Å². The van der Waals surface area contributed by atoms with Crippen LogP contribution in [-0.4, -0.2) is 28.7 Å². The summed E-state index contributed by atoms with van der Waals surface area (Å²) in [5.41, 5.74) is 23.9. The molecule has 0 spiro atoms. The third-order valence-corrected chi connectivity index (χ3v) is 17.8. The number of hydrogen-bond acceptors (Lipinski definition) is 3. The van der Waals surface area contributed by atoms with Gasteiger partial charge in [-0.05, 0) is 132 Å². The molecule has 4 aromatic heterocycles. The Hall–Kier alpha value is -11.7. The Kier molecular flexibility index (Phi) is 12.2. The molecule has 6 heteroatoms. The first-order valence-electron chi connectivity index (χ1n) is 30.4. The smallest absolute Gasteiger partial charge is 0.164 e. The van der Waals surface area contributed by atoms with Crippen molar-refractivity contribution in [3.05, 3.63) is 314 Å². The van der Waals surface area contributed by atoms with Gasteiger partial charge >= 0.3 is 0 Å². The normalized spacial score (nSPS) is 11.7. The Bertz CT molecular complexity index is 5170. The second-order valence-corrected chi connectivity index (χ2v) is 23.3. The van der Waals surface area contributed by atoms with Crippen LogP contribution in [0.3, 0.4) is 0 Å². The minimum absolute atomic E-state index is 0.573. The minimum atomic E-state index is 0.573. The van der Waals surface area contributed by atoms with Gasteiger partial charge in [0.25, 0.3) is 0 Å². The largest absolute Gasteiger partial charge is 0.309 e. The Morgan fingerprint density at radius 2 is 0.528 bits per heavy atom. The van der Waals surface area contributed by atoms with Crippen LogP contribution in [0.1, 0.15) is 11.1 Å². The van der Waals surface area contributed by atoms with Crippen molar-refractivity contribution in [2.45, 2.75) is 13.8 Å². The summed E-state index contributed by atoms with van der Waals surface area (Å²) in [7, 11) is 0. The van der Waals surface area contributed by atoms with Crippen LogP contribution in [0.25, 0.3) is 161 Å². The molecule has 0 atom stereocenters. The lowest BCUT2D eigenvalue weighted by Crippen LogP contribution is -2.04. The molecular formula is C83H56N6. The van der Waals surface area contributed by atoms with E-state index in [-0.39, 0.29) is 0 Å². The molecule has 0 aliphatic carbocycles. The van der Waals surface area contributed by atoms with Gasteiger partial charge in [-0.1, -0.05) is 230 Å². The van der Waals surface area contributed by atoms with Crippen LogP contribution in [0.4, 0.5) is 0 Å². The third-order valence-electron chi connectivity index (χ3n) is 17.8. The van der Waals surface area contributed by atoms with Crippen LogP contribution >= 0.6 is 0 Å². The van der Waals surface area contributed by atoms with E-state index in [1.165, 1.54) is 43.8 Å². The van der Waals surface area contributed by atoms with Gasteiger partial charge in [0.05, 0.1) is 38.8 Å². The van der Waals surface area contributed by atoms with Crippen LogP contribution in [-0.2, 0) is 0 Å². The van der Waals surface area contributed by atoms with Crippen LogP contribution in [0, 0.1) is 13.8 Å². The fourth-order valence-electron chi connectivity index (χ4n) is 13.6. The highest BCUT2D eigenvalue weighted by Gasteiger charge is 2.25. The number of hydrogen-bond donors (Lipinski definition) is 0. The molecule has 17 aromatic rings. The number of benzene rings is 13. The molecule has 4 heterocycles. The number of aryl methyl sites for hydroxylation is 2. The highest BCUT2D eigenvalue weighted by Crippen LogP contribution is 2.46. The lowest BCUT2D eigenvalue weighted by Gasteiger charge is -2.22. The van der Waals surface area contributed by atoms with Crippen molar-refractivity contribution in [2.24, 2.45) is 0 Å². The van der Waals surface area contributed by atoms with Crippen molar-refractivity contribution < 1.29 is 0 Å². The van der Waals surface area contributed by atoms with E-state index in [1.807, 2.05) is 36.4 Å². The van der Waals surface area contributed by atoms with E-state index in [1.54, 1.807) is 0 Å². The quantitative estimate of drug-likeness (QED) is 0.137. The molecule has 0 radical (unpaired) electrons. The zero-order chi connectivity index (χ0) is 59.1. The molecule has 0 aliphatic heterocycles. The summed E-state index contributed by atoms with van der Waals surface area (Å²) in [6.07, 6.45) is 0. The van der Waals surface area contributed by atoms with Crippen molar-refractivity contribution in [1.29, 1.82) is 0 Å². The summed E-state index contributed by atoms with van der Waals surface area (Å²) in [5.74, 6) is 1.77. The first-order chi connectivity index (χ1) is 43.9. The summed E-state index contributed by atoms with van der Waals surface area (Å²) < 4.78 is 7.31. The van der Waals surface area contributed by atoms with Crippen molar-refractivity contribution in [3.8, 4) is 95.7 Å². The highest BCUT2D eigenvalue weighted by molar-refractivity contribution is 6.14. The molecule has 0 saturated heterocycles. The third kappa shape index (κ3) is 8.83. The minimum Gasteiger partial charge on any atom is -0.309 e. The zero-order valence-electron chi connectivity index (χ0n) is 49.1. The van der Waals surface area contributed by atoms with E-state index in [9.17, 15) is 0 Å². The number of nitrogens with zero attached hydrogens (tertiary/aromatic N) is 6. The highest BCUT2D eigenvalue weighted by atomic mass is 15.0. The summed E-state index contributed by atoms with van der Waals surface area (Å²) in [5, 5.41) is 7.22. The first kappa shape index (κ1) is 51.7. The van der Waals surface area contributed by atoms with Crippen LogP contribution in [0.2, 0.25) is 0 Å². The average molecular weight is 1140 g/mol. The molecule has 0 amide bonds. The van der Waals surface area contributed by atoms with Crippen LogP contribution < -0.4 is 0 Å². The van der Waals surface area contributed by atoms with Crippen LogP contribution in [0.15, 0.2) is 303 Å². The molecule has 89 heavy (non-hydrogen) atoms. The maximum atomic E-state index is 5.43. The summed E-state index contributed by atoms with van der Waals surface area (Å²) in [4.78, 5) is 16.0. The topological polar surface area (TPSA) is 53.5 Å². The molecule has 0 saturated carbocycles. The molecule has 17 rings (SSSR count). The van der Waals surface area contributed by atoms with Crippen molar-refractivity contribution in [2.75, 3.05) is 0 Å². The molecule has 0 aliphatic rings. The van der Waals surface area contributed by atoms with Crippen molar-refractivity contribution in [3.63, 3.8) is 0 Å². The van der Waals surface area contributed by atoms with Crippen molar-refractivity contribution >= 4 is 65.4 Å². The Labute approximate surface area is 515 Å². The molecule has 0 unspecified atom stereocenters. The summed E-state index contributed by atoms with van der Waals surface area (Å²) >= 11 is 0. The average Bonchev–Trinajstić information content (AvgIpc) is 1.68. The standard InChI is InChI=1S/C83H56N6/c1-53-19-17-25-59(47-53)61-39-45-78-72(49-61)73-50-62(60-26-18-20-54(2)48-60)40-46-79(73)89(78)80-70(55-35-41-64(42-36-55)87-74-31-13-9-27-66(74)67-28-10-14-32-75(67)87)51-63(83-85-81(57-21-5-3-6-22-57)84-82(86-83)58-23-7-4-8-24-58)52-71(80)56-37-43-65(44-38-56)88-76-33-15-11-29-68(76)69-30-12-16-34-77(69)88/h3-52H,1-2H3. The molecule has 0 bridgehead atoms. The Morgan fingerprint density at radius 3 is 0.910 bits per heavy atom. The second kappa shape index (κ2) is 21.1. The van der Waals surface area contributed by atoms with Gasteiger partial charge in [-0.25, -0.2) is 15.0 Å². The fourth-order valence-corrected chi connectivity index (χ4v) is 13.6. The number of fused-ring (bicyclic) bond motifs is 9. The summed E-state index contributed by atoms with van der Waals surface area (Å²) in [6.45, 7) is 4.34. The molecule has 418 valence electrons. The second-order valence-electron chi connectivity index (χ2n) is 23.3. The van der Waals surface area contributed by atoms with Gasteiger partial charge in [0.15, 0.2) is 17.5 Å². The van der Waals surface area contributed by atoms with E-state index >= 15 is 0 Å². The van der Waals surface area contributed by atoms with E-state index in [2.05, 4.69) is 294 Å². The maximum absolute atomic E-state index is 5.43. The van der Waals surface area contributed by atoms with E-state index < -0.39 is 0 Å². The lowest BCUT2D eigenvalue weighted by atomic mass is 9.92. The zero-order valence-corrected chi connectivity index (χ0v) is 49.1. The van der Waals surface area contributed by atoms with Gasteiger partial charge in [0.1, 0.15) is 0 Å². The Morgan fingerprint density at radius 1 is 0.213 bits per heavy atom. The van der Waals surface area contributed by atoms with Gasteiger partial charge in [-0.3, -0.25) is 0 Å². The number of aromatic nitrogens is 6. The summed E-state index contributed by atoms with van der Waals surface area (Å²) in [6, 6.07) is 110. The van der Waals surface area contributed by atoms with Gasteiger partial charge in [-0.15, -0.1) is 0 Å². The maximum Gasteiger partial charge on any atom is 0.164 e. The molecular weight excluding hydrogens is 1080 g/mol. The molecule has 6 nitrogen and oxygen atoms in total. The predicted molar refractivity (Wildman–Crippen MR) is 370 cm³/mol. The van der Waals surface area contributed by atoms with Gasteiger partial charge < -0.3 is 13.7 Å². The van der Waals surface area contributed by atoms with Gasteiger partial charge in [0.2, 0.25) is 0 Å².